The summed E-state index contributed by atoms with van der Waals surface area (Å²) >= 11 is 0. The molecular formula is C20H25N3O5. The van der Waals surface area contributed by atoms with Gasteiger partial charge in [0.15, 0.2) is 6.61 Å². The number of carbonyl (C=O) groups excluding carboxylic acids is 3. The fourth-order valence-electron chi connectivity index (χ4n) is 2.98. The fraction of sp³-hybridized carbons (Fsp3) is 0.350. The normalized spacial score (nSPS) is 10.3. The first-order chi connectivity index (χ1) is 13.3. The van der Waals surface area contributed by atoms with Crippen molar-refractivity contribution in [2.24, 2.45) is 0 Å². The van der Waals surface area contributed by atoms with Crippen LogP contribution >= 0.6 is 0 Å². The molecule has 2 rings (SSSR count). The number of ether oxygens (including phenoxy) is 2. The number of amides is 2. The molecule has 0 fully saturated rings. The summed E-state index contributed by atoms with van der Waals surface area (Å²) in [6.07, 6.45) is 0. The molecule has 0 radical (unpaired) electrons. The van der Waals surface area contributed by atoms with E-state index in [0.29, 0.717) is 22.7 Å². The lowest BCUT2D eigenvalue weighted by molar-refractivity contribution is -0.119. The van der Waals surface area contributed by atoms with E-state index in [2.05, 4.69) is 10.6 Å². The lowest BCUT2D eigenvalue weighted by Crippen LogP contribution is -2.21. The van der Waals surface area contributed by atoms with Crippen molar-refractivity contribution in [3.8, 4) is 5.75 Å². The van der Waals surface area contributed by atoms with Gasteiger partial charge in [-0.1, -0.05) is 0 Å². The maximum Gasteiger partial charge on any atom is 0.340 e. The Hall–Kier alpha value is -3.29. The lowest BCUT2D eigenvalue weighted by atomic mass is 10.2. The van der Waals surface area contributed by atoms with Gasteiger partial charge in [-0.05, 0) is 45.0 Å². The summed E-state index contributed by atoms with van der Waals surface area (Å²) in [4.78, 5) is 35.7. The highest BCUT2D eigenvalue weighted by atomic mass is 16.5. The van der Waals surface area contributed by atoms with Crippen LogP contribution in [0.5, 0.6) is 5.75 Å². The van der Waals surface area contributed by atoms with Crippen LogP contribution in [-0.2, 0) is 20.9 Å². The van der Waals surface area contributed by atoms with E-state index in [1.165, 1.54) is 14.0 Å². The largest absolute Gasteiger partial charge is 0.495 e. The van der Waals surface area contributed by atoms with Crippen LogP contribution in [0.25, 0.3) is 0 Å². The van der Waals surface area contributed by atoms with Gasteiger partial charge in [-0.2, -0.15) is 0 Å². The topological polar surface area (TPSA) is 98.7 Å². The second kappa shape index (κ2) is 9.07. The molecule has 0 aliphatic heterocycles. The van der Waals surface area contributed by atoms with Crippen molar-refractivity contribution in [3.63, 3.8) is 0 Å². The Bertz CT molecular complexity index is 901. The zero-order valence-corrected chi connectivity index (χ0v) is 16.7. The summed E-state index contributed by atoms with van der Waals surface area (Å²) in [7, 11) is 1.46. The van der Waals surface area contributed by atoms with Crippen LogP contribution < -0.4 is 15.4 Å². The number of hydrogen-bond donors (Lipinski definition) is 2. The van der Waals surface area contributed by atoms with E-state index in [-0.39, 0.29) is 5.91 Å². The van der Waals surface area contributed by atoms with E-state index in [1.54, 1.807) is 24.3 Å². The number of aromatic nitrogens is 1. The third-order valence-corrected chi connectivity index (χ3v) is 4.24. The van der Waals surface area contributed by atoms with E-state index < -0.39 is 18.5 Å². The minimum absolute atomic E-state index is 0.235. The van der Waals surface area contributed by atoms with Crippen LogP contribution in [0.15, 0.2) is 24.3 Å². The monoisotopic (exact) mass is 387 g/mol. The van der Waals surface area contributed by atoms with Crippen LogP contribution in [0.2, 0.25) is 0 Å². The Kier molecular flexibility index (Phi) is 6.81. The van der Waals surface area contributed by atoms with Crippen LogP contribution in [0.1, 0.15) is 35.6 Å². The third-order valence-electron chi connectivity index (χ3n) is 4.24. The Balaban J connectivity index is 2.04. The molecule has 0 spiro atoms. The summed E-state index contributed by atoms with van der Waals surface area (Å²) in [6.45, 7) is 7.43. The van der Waals surface area contributed by atoms with Crippen molar-refractivity contribution >= 4 is 29.2 Å². The molecule has 2 N–H and O–H groups in total. The number of nitrogens with one attached hydrogen (secondary N) is 2. The van der Waals surface area contributed by atoms with E-state index in [0.717, 1.165) is 17.9 Å². The summed E-state index contributed by atoms with van der Waals surface area (Å²) in [5.74, 6) is -0.890. The van der Waals surface area contributed by atoms with Gasteiger partial charge < -0.3 is 24.7 Å². The van der Waals surface area contributed by atoms with Crippen LogP contribution in [0.4, 0.5) is 11.4 Å². The maximum absolute atomic E-state index is 12.3. The molecule has 0 aliphatic carbocycles. The minimum Gasteiger partial charge on any atom is -0.495 e. The van der Waals surface area contributed by atoms with Crippen molar-refractivity contribution in [3.05, 3.63) is 41.2 Å². The van der Waals surface area contributed by atoms with E-state index in [4.69, 9.17) is 9.47 Å². The standard InChI is InChI=1S/C20H25N3O5/c1-6-23-12(2)9-16(13(23)3)20(26)28-11-19(25)22-17-10-15(21-14(4)24)7-8-18(17)27-5/h7-10H,6,11H2,1-5H3,(H,21,24)(H,22,25). The maximum atomic E-state index is 12.3. The molecule has 0 saturated carbocycles. The number of hydrogen-bond acceptors (Lipinski definition) is 5. The molecule has 1 aromatic carbocycles. The molecule has 150 valence electrons. The quantitative estimate of drug-likeness (QED) is 0.712. The van der Waals surface area contributed by atoms with Gasteiger partial charge in [0.25, 0.3) is 5.91 Å². The average molecular weight is 387 g/mol. The molecule has 1 aromatic heterocycles. The fourth-order valence-corrected chi connectivity index (χ4v) is 2.98. The van der Waals surface area contributed by atoms with Gasteiger partial charge in [-0.25, -0.2) is 4.79 Å². The number of methoxy groups -OCH3 is 1. The van der Waals surface area contributed by atoms with Crippen molar-refractivity contribution in [2.45, 2.75) is 34.2 Å². The van der Waals surface area contributed by atoms with Gasteiger partial charge in [0, 0.05) is 30.5 Å². The van der Waals surface area contributed by atoms with Gasteiger partial charge >= 0.3 is 5.97 Å². The molecule has 2 amide bonds. The summed E-state index contributed by atoms with van der Waals surface area (Å²) in [5.41, 5.74) is 3.06. The van der Waals surface area contributed by atoms with Crippen molar-refractivity contribution in [1.29, 1.82) is 0 Å². The Morgan fingerprint density at radius 1 is 1.11 bits per heavy atom. The molecule has 0 aliphatic rings. The van der Waals surface area contributed by atoms with Crippen LogP contribution in [0, 0.1) is 13.8 Å². The van der Waals surface area contributed by atoms with E-state index in [1.807, 2.05) is 25.3 Å². The zero-order valence-electron chi connectivity index (χ0n) is 16.7. The summed E-state index contributed by atoms with van der Waals surface area (Å²) in [6, 6.07) is 6.58. The van der Waals surface area contributed by atoms with Gasteiger partial charge in [0.1, 0.15) is 5.75 Å². The molecule has 0 atom stereocenters. The predicted octanol–water partition coefficient (Wildman–Crippen LogP) is 2.89. The molecule has 1 heterocycles. The first kappa shape index (κ1) is 21.0. The molecular weight excluding hydrogens is 362 g/mol. The number of aryl methyl sites for hydroxylation is 1. The van der Waals surface area contributed by atoms with Gasteiger partial charge in [0.2, 0.25) is 5.91 Å². The van der Waals surface area contributed by atoms with Gasteiger partial charge in [0.05, 0.1) is 18.4 Å². The Labute approximate surface area is 163 Å². The van der Waals surface area contributed by atoms with Gasteiger partial charge in [-0.3, -0.25) is 9.59 Å². The average Bonchev–Trinajstić information content (AvgIpc) is 2.93. The number of esters is 1. The van der Waals surface area contributed by atoms with Crippen molar-refractivity contribution < 1.29 is 23.9 Å². The highest BCUT2D eigenvalue weighted by Crippen LogP contribution is 2.27. The van der Waals surface area contributed by atoms with Gasteiger partial charge in [-0.15, -0.1) is 0 Å². The number of carbonyl (C=O) groups is 3. The zero-order chi connectivity index (χ0) is 20.8. The second-order valence-electron chi connectivity index (χ2n) is 6.25. The number of nitrogens with zero attached hydrogens (tertiary/aromatic N) is 1. The molecule has 8 nitrogen and oxygen atoms in total. The van der Waals surface area contributed by atoms with Crippen LogP contribution in [-0.4, -0.2) is 36.1 Å². The smallest absolute Gasteiger partial charge is 0.340 e. The summed E-state index contributed by atoms with van der Waals surface area (Å²) in [5, 5.41) is 5.25. The first-order valence-corrected chi connectivity index (χ1v) is 8.86. The molecule has 28 heavy (non-hydrogen) atoms. The highest BCUT2D eigenvalue weighted by Gasteiger charge is 2.18. The van der Waals surface area contributed by atoms with Crippen LogP contribution in [0.3, 0.4) is 0 Å². The molecule has 0 saturated heterocycles. The highest BCUT2D eigenvalue weighted by molar-refractivity contribution is 5.98. The molecule has 0 unspecified atom stereocenters. The SMILES string of the molecule is CCn1c(C)cc(C(=O)OCC(=O)Nc2cc(NC(C)=O)ccc2OC)c1C. The minimum atomic E-state index is -0.554. The number of benzene rings is 1. The third kappa shape index (κ3) is 4.91. The number of rotatable bonds is 7. The molecule has 8 heteroatoms. The van der Waals surface area contributed by atoms with Crippen molar-refractivity contribution in [2.75, 3.05) is 24.4 Å². The molecule has 2 aromatic rings. The van der Waals surface area contributed by atoms with E-state index >= 15 is 0 Å². The molecule has 0 bridgehead atoms. The second-order valence-corrected chi connectivity index (χ2v) is 6.25. The van der Waals surface area contributed by atoms with E-state index in [9.17, 15) is 14.4 Å². The lowest BCUT2D eigenvalue weighted by Gasteiger charge is -2.12. The number of anilines is 2. The predicted molar refractivity (Wildman–Crippen MR) is 106 cm³/mol. The first-order valence-electron chi connectivity index (χ1n) is 8.86. The van der Waals surface area contributed by atoms with Crippen molar-refractivity contribution in [1.82, 2.24) is 4.57 Å². The Morgan fingerprint density at radius 2 is 1.82 bits per heavy atom. The Morgan fingerprint density at radius 3 is 2.39 bits per heavy atom. The summed E-state index contributed by atoms with van der Waals surface area (Å²) < 4.78 is 12.4.